The molecule has 0 N–H and O–H groups in total. The monoisotopic (exact) mass is 496 g/mol. The maximum absolute atomic E-state index is 13.1. The van der Waals surface area contributed by atoms with Gasteiger partial charge in [-0.3, -0.25) is 9.69 Å². The molecule has 32 heavy (non-hydrogen) atoms. The summed E-state index contributed by atoms with van der Waals surface area (Å²) in [5, 5.41) is 1.25. The molecule has 2 aromatic carbocycles. The van der Waals surface area contributed by atoms with Crippen LogP contribution in [-0.4, -0.2) is 41.9 Å². The van der Waals surface area contributed by atoms with Gasteiger partial charge in [-0.25, -0.2) is 4.39 Å². The largest absolute Gasteiger partial charge is 0.484 e. The number of carbonyl (C=O) groups excluding carboxylic acids is 1. The first-order valence-electron chi connectivity index (χ1n) is 10.0. The van der Waals surface area contributed by atoms with Crippen molar-refractivity contribution in [2.75, 3.05) is 26.2 Å². The summed E-state index contributed by atoms with van der Waals surface area (Å²) >= 11 is 18.0. The summed E-state index contributed by atoms with van der Waals surface area (Å²) in [7, 11) is 0. The number of halogens is 4. The van der Waals surface area contributed by atoms with Crippen molar-refractivity contribution in [1.29, 1.82) is 0 Å². The zero-order chi connectivity index (χ0) is 22.7. The van der Waals surface area contributed by atoms with Crippen molar-refractivity contribution in [3.05, 3.63) is 86.5 Å². The standard InChI is InChI=1S/C23H20Cl3FN2O3/c24-18-4-1-15(11-19(18)25)13-28-7-9-29(10-8-28)23(30)22-6-3-17(32-22)14-31-21-5-2-16(27)12-20(21)26/h1-6,11-12H,7-10,13-14H2. The SMILES string of the molecule is O=C(c1ccc(COc2ccc(F)cc2Cl)o1)N1CCN(Cc2ccc(Cl)c(Cl)c2)CC1. The summed E-state index contributed by atoms with van der Waals surface area (Å²) in [6, 6.07) is 12.8. The zero-order valence-corrected chi connectivity index (χ0v) is 19.3. The number of amides is 1. The van der Waals surface area contributed by atoms with Gasteiger partial charge < -0.3 is 14.1 Å². The average molecular weight is 498 g/mol. The predicted molar refractivity (Wildman–Crippen MR) is 122 cm³/mol. The fourth-order valence-corrected chi connectivity index (χ4v) is 4.02. The van der Waals surface area contributed by atoms with E-state index in [2.05, 4.69) is 4.90 Å². The first-order valence-corrected chi connectivity index (χ1v) is 11.1. The van der Waals surface area contributed by atoms with Crippen molar-refractivity contribution >= 4 is 40.7 Å². The molecule has 168 valence electrons. The summed E-state index contributed by atoms with van der Waals surface area (Å²) in [5.74, 6) is 0.477. The summed E-state index contributed by atoms with van der Waals surface area (Å²) in [6.45, 7) is 3.50. The van der Waals surface area contributed by atoms with E-state index >= 15 is 0 Å². The maximum Gasteiger partial charge on any atom is 0.289 e. The van der Waals surface area contributed by atoms with Crippen LogP contribution < -0.4 is 4.74 Å². The molecule has 9 heteroatoms. The number of furan rings is 1. The van der Waals surface area contributed by atoms with E-state index in [1.165, 1.54) is 18.2 Å². The molecular weight excluding hydrogens is 478 g/mol. The van der Waals surface area contributed by atoms with Gasteiger partial charge in [-0.1, -0.05) is 40.9 Å². The number of rotatable bonds is 6. The van der Waals surface area contributed by atoms with E-state index in [1.54, 1.807) is 23.1 Å². The Balaban J connectivity index is 1.28. The van der Waals surface area contributed by atoms with Crippen LogP contribution in [0, 0.1) is 5.82 Å². The highest BCUT2D eigenvalue weighted by Gasteiger charge is 2.24. The molecule has 3 aromatic rings. The van der Waals surface area contributed by atoms with E-state index in [4.69, 9.17) is 44.0 Å². The highest BCUT2D eigenvalue weighted by atomic mass is 35.5. The molecule has 0 unspecified atom stereocenters. The molecule has 1 saturated heterocycles. The predicted octanol–water partition coefficient (Wildman–Crippen LogP) is 5.92. The second-order valence-corrected chi connectivity index (χ2v) is 8.67. The number of hydrogen-bond acceptors (Lipinski definition) is 4. The molecule has 0 radical (unpaired) electrons. The quantitative estimate of drug-likeness (QED) is 0.424. The van der Waals surface area contributed by atoms with Gasteiger partial charge in [-0.15, -0.1) is 0 Å². The minimum absolute atomic E-state index is 0.0794. The van der Waals surface area contributed by atoms with Crippen molar-refractivity contribution in [2.45, 2.75) is 13.2 Å². The van der Waals surface area contributed by atoms with Crippen LogP contribution in [0.2, 0.25) is 15.1 Å². The molecule has 0 bridgehead atoms. The molecule has 2 heterocycles. The van der Waals surface area contributed by atoms with Gasteiger partial charge in [0, 0.05) is 32.7 Å². The van der Waals surface area contributed by atoms with Gasteiger partial charge in [0.25, 0.3) is 5.91 Å². The number of nitrogens with zero attached hydrogens (tertiary/aromatic N) is 2. The van der Waals surface area contributed by atoms with E-state index in [-0.39, 0.29) is 23.3 Å². The third kappa shape index (κ3) is 5.56. The first-order chi connectivity index (χ1) is 15.4. The topological polar surface area (TPSA) is 45.9 Å². The Hall–Kier alpha value is -2.25. The van der Waals surface area contributed by atoms with Crippen molar-refractivity contribution in [3.63, 3.8) is 0 Å². The second-order valence-electron chi connectivity index (χ2n) is 7.45. The summed E-state index contributed by atoms with van der Waals surface area (Å²) in [4.78, 5) is 16.8. The Bertz CT molecular complexity index is 1110. The summed E-state index contributed by atoms with van der Waals surface area (Å²) < 4.78 is 24.3. The molecule has 0 atom stereocenters. The van der Waals surface area contributed by atoms with Gasteiger partial charge >= 0.3 is 0 Å². The third-order valence-electron chi connectivity index (χ3n) is 5.19. The van der Waals surface area contributed by atoms with Crippen LogP contribution in [-0.2, 0) is 13.2 Å². The molecule has 1 aliphatic rings. The van der Waals surface area contributed by atoms with Crippen LogP contribution >= 0.6 is 34.8 Å². The van der Waals surface area contributed by atoms with Gasteiger partial charge in [-0.05, 0) is 48.0 Å². The normalized spacial score (nSPS) is 14.6. The lowest BCUT2D eigenvalue weighted by Crippen LogP contribution is -2.48. The summed E-state index contributed by atoms with van der Waals surface area (Å²) in [5.41, 5.74) is 1.08. The van der Waals surface area contributed by atoms with Gasteiger partial charge in [0.05, 0.1) is 15.1 Å². The molecule has 0 aliphatic carbocycles. The van der Waals surface area contributed by atoms with Crippen LogP contribution in [0.1, 0.15) is 21.9 Å². The molecule has 1 aromatic heterocycles. The van der Waals surface area contributed by atoms with E-state index < -0.39 is 5.82 Å². The van der Waals surface area contributed by atoms with Crippen LogP contribution in [0.15, 0.2) is 52.9 Å². The Morgan fingerprint density at radius 1 is 0.938 bits per heavy atom. The lowest BCUT2D eigenvalue weighted by molar-refractivity contribution is 0.0594. The molecule has 0 saturated carbocycles. The lowest BCUT2D eigenvalue weighted by atomic mass is 10.2. The highest BCUT2D eigenvalue weighted by Crippen LogP contribution is 2.26. The first kappa shape index (κ1) is 22.9. The number of benzene rings is 2. The van der Waals surface area contributed by atoms with Crippen LogP contribution in [0.5, 0.6) is 5.75 Å². The smallest absolute Gasteiger partial charge is 0.289 e. The fourth-order valence-electron chi connectivity index (χ4n) is 3.47. The van der Waals surface area contributed by atoms with E-state index in [0.29, 0.717) is 34.6 Å². The number of carbonyl (C=O) groups is 1. The van der Waals surface area contributed by atoms with Crippen molar-refractivity contribution in [2.24, 2.45) is 0 Å². The molecule has 0 spiro atoms. The molecule has 1 fully saturated rings. The third-order valence-corrected chi connectivity index (χ3v) is 6.22. The van der Waals surface area contributed by atoms with Crippen molar-refractivity contribution in [3.8, 4) is 5.75 Å². The number of hydrogen-bond donors (Lipinski definition) is 0. The van der Waals surface area contributed by atoms with Crippen molar-refractivity contribution < 1.29 is 18.3 Å². The Morgan fingerprint density at radius 3 is 2.44 bits per heavy atom. The minimum atomic E-state index is -0.440. The van der Waals surface area contributed by atoms with Crippen molar-refractivity contribution in [1.82, 2.24) is 9.80 Å². The van der Waals surface area contributed by atoms with E-state index in [1.807, 2.05) is 12.1 Å². The molecule has 1 amide bonds. The van der Waals surface area contributed by atoms with Gasteiger partial charge in [-0.2, -0.15) is 0 Å². The molecule has 4 rings (SSSR count). The van der Waals surface area contributed by atoms with E-state index in [0.717, 1.165) is 25.2 Å². The van der Waals surface area contributed by atoms with Crippen LogP contribution in [0.4, 0.5) is 4.39 Å². The van der Waals surface area contributed by atoms with Crippen LogP contribution in [0.25, 0.3) is 0 Å². The second kappa shape index (κ2) is 10.1. The Kier molecular flexibility index (Phi) is 7.26. The maximum atomic E-state index is 13.1. The van der Waals surface area contributed by atoms with Gasteiger partial charge in [0.2, 0.25) is 0 Å². The average Bonchev–Trinajstić information content (AvgIpc) is 3.25. The number of piperazine rings is 1. The molecular formula is C23H20Cl3FN2O3. The van der Waals surface area contributed by atoms with Gasteiger partial charge in [0.1, 0.15) is 23.9 Å². The molecule has 5 nitrogen and oxygen atoms in total. The summed E-state index contributed by atoms with van der Waals surface area (Å²) in [6.07, 6.45) is 0. The Labute approximate surface area is 200 Å². The Morgan fingerprint density at radius 2 is 1.72 bits per heavy atom. The van der Waals surface area contributed by atoms with Gasteiger partial charge in [0.15, 0.2) is 5.76 Å². The fraction of sp³-hybridized carbons (Fsp3) is 0.261. The minimum Gasteiger partial charge on any atom is -0.484 e. The van der Waals surface area contributed by atoms with Crippen LogP contribution in [0.3, 0.4) is 0 Å². The lowest BCUT2D eigenvalue weighted by Gasteiger charge is -2.34. The zero-order valence-electron chi connectivity index (χ0n) is 17.0. The highest BCUT2D eigenvalue weighted by molar-refractivity contribution is 6.42. The number of ether oxygens (including phenoxy) is 1. The van der Waals surface area contributed by atoms with E-state index in [9.17, 15) is 9.18 Å². The molecule has 1 aliphatic heterocycles.